The van der Waals surface area contributed by atoms with Gasteiger partial charge in [-0.25, -0.2) is 4.39 Å². The first-order chi connectivity index (χ1) is 53.2. The van der Waals surface area contributed by atoms with Crippen LogP contribution in [0.1, 0.15) is 108 Å². The van der Waals surface area contributed by atoms with Crippen LogP contribution in [-0.2, 0) is 42.7 Å². The first kappa shape index (κ1) is 99.6. The molecule has 662 valence electrons. The van der Waals surface area contributed by atoms with Crippen molar-refractivity contribution in [2.75, 3.05) is 120 Å². The molecular formula is C79H143FN2O31. The van der Waals surface area contributed by atoms with E-state index in [2.05, 4.69) is 31.9 Å². The molecule has 5 saturated carbocycles. The summed E-state index contributed by atoms with van der Waals surface area (Å²) < 4.78 is 55.3. The molecule has 15 rings (SSSR count). The number of allylic oxidation sites excluding steroid dienone is 1. The van der Waals surface area contributed by atoms with Crippen molar-refractivity contribution in [2.24, 2.45) is 70.0 Å². The fourth-order valence-electron chi connectivity index (χ4n) is 18.7. The Bertz CT molecular complexity index is 2800. The van der Waals surface area contributed by atoms with E-state index in [1.54, 1.807) is 32.1 Å². The second kappa shape index (κ2) is 43.5. The molecule has 14 fully saturated rings. The number of likely N-dealkylation sites (N-methyl/N-ethyl adjacent to an activating group) is 1. The van der Waals surface area contributed by atoms with Gasteiger partial charge in [-0.3, -0.25) is 4.90 Å². The van der Waals surface area contributed by atoms with Gasteiger partial charge in [0.1, 0.15) is 84.0 Å². The third-order valence-corrected chi connectivity index (χ3v) is 26.2. The van der Waals surface area contributed by atoms with E-state index in [0.29, 0.717) is 68.9 Å². The number of ether oxygens (including phenoxy) is 8. The molecule has 0 aromatic rings. The Balaban J connectivity index is 0.000000196. The lowest BCUT2D eigenvalue weighted by Crippen LogP contribution is -2.50. The Morgan fingerprint density at radius 1 is 0.513 bits per heavy atom. The molecule has 15 aliphatic rings. The molecule has 6 bridgehead atoms. The number of morpholine rings is 2. The van der Waals surface area contributed by atoms with Crippen LogP contribution in [0.3, 0.4) is 0 Å². The van der Waals surface area contributed by atoms with Gasteiger partial charge in [0, 0.05) is 54.1 Å². The lowest BCUT2D eigenvalue weighted by atomic mass is 9.87. The van der Waals surface area contributed by atoms with E-state index < -0.39 is 102 Å². The lowest BCUT2D eigenvalue weighted by Gasteiger charge is -2.35. The fourth-order valence-corrected chi connectivity index (χ4v) is 18.7. The lowest BCUT2D eigenvalue weighted by molar-refractivity contribution is -0.219. The number of alkyl halides is 1. The van der Waals surface area contributed by atoms with E-state index in [0.717, 1.165) is 37.7 Å². The molecule has 0 aromatic carbocycles. The molecule has 34 heteroatoms. The number of rotatable bonds is 14. The number of likely N-dealkylation sites (tertiary alicyclic amines) is 1. The number of nitrogens with zero attached hydrogens (tertiary/aromatic N) is 2. The van der Waals surface area contributed by atoms with Crippen LogP contribution in [0.4, 0.5) is 4.39 Å². The predicted molar refractivity (Wildman–Crippen MR) is 405 cm³/mol. The number of fused-ring (bicyclic) bond motifs is 8. The maximum Gasteiger partial charge on any atom is 0.134 e. The van der Waals surface area contributed by atoms with Crippen molar-refractivity contribution in [1.82, 2.24) is 9.96 Å². The van der Waals surface area contributed by atoms with Crippen molar-refractivity contribution in [2.45, 2.75) is 271 Å². The molecule has 9 heterocycles. The first-order valence-corrected chi connectivity index (χ1v) is 40.2. The third-order valence-electron chi connectivity index (χ3n) is 26.2. The second-order valence-electron chi connectivity index (χ2n) is 34.5. The maximum atomic E-state index is 13.0. The van der Waals surface area contributed by atoms with E-state index >= 15 is 0 Å². The molecule has 0 amide bonds. The van der Waals surface area contributed by atoms with Crippen LogP contribution in [0.25, 0.3) is 0 Å². The average molecular weight is 1640 g/mol. The summed E-state index contributed by atoms with van der Waals surface area (Å²) in [6, 6.07) is -0.103. The minimum absolute atomic E-state index is 0.00611. The molecule has 9 saturated heterocycles. The quantitative estimate of drug-likeness (QED) is 0.0734. The Morgan fingerprint density at radius 2 is 1.04 bits per heavy atom. The molecule has 9 aliphatic heterocycles. The summed E-state index contributed by atoms with van der Waals surface area (Å²) in [6.07, 6.45) is -1.45. The van der Waals surface area contributed by atoms with Crippen molar-refractivity contribution in [1.29, 1.82) is 0 Å². The van der Waals surface area contributed by atoms with Crippen LogP contribution in [0.15, 0.2) is 37.0 Å². The van der Waals surface area contributed by atoms with Gasteiger partial charge >= 0.3 is 0 Å². The zero-order valence-electron chi connectivity index (χ0n) is 68.1. The van der Waals surface area contributed by atoms with Gasteiger partial charge in [0.2, 0.25) is 0 Å². The minimum atomic E-state index is -1.28. The number of hydrogen-bond donors (Lipinski definition) is 22. The smallest absolute Gasteiger partial charge is 0.134 e. The summed E-state index contributed by atoms with van der Waals surface area (Å²) in [7, 11) is 3.51. The van der Waals surface area contributed by atoms with Crippen LogP contribution >= 0.6 is 0 Å². The van der Waals surface area contributed by atoms with E-state index in [1.807, 2.05) is 60.7 Å². The number of hydroxylamine groups is 2. The van der Waals surface area contributed by atoms with E-state index in [-0.39, 0.29) is 174 Å². The first-order valence-electron chi connectivity index (χ1n) is 40.2. The van der Waals surface area contributed by atoms with Gasteiger partial charge in [-0.2, -0.15) is 5.06 Å². The fraction of sp³-hybridized carbons (Fsp3) is 0.924. The highest BCUT2D eigenvalue weighted by Gasteiger charge is 2.70. The number of aliphatic hydroxyl groups excluding tert-OH is 22. The molecule has 22 N–H and O–H groups in total. The largest absolute Gasteiger partial charge is 0.396 e. The van der Waals surface area contributed by atoms with Crippen LogP contribution in [0.2, 0.25) is 0 Å². The van der Waals surface area contributed by atoms with Crippen LogP contribution in [0, 0.1) is 70.0 Å². The van der Waals surface area contributed by atoms with Crippen LogP contribution in [0.5, 0.6) is 0 Å². The zero-order valence-corrected chi connectivity index (χ0v) is 68.1. The molecule has 0 aromatic heterocycles. The normalized spacial score (nSPS) is 48.8. The maximum absolute atomic E-state index is 13.0. The zero-order chi connectivity index (χ0) is 84.9. The summed E-state index contributed by atoms with van der Waals surface area (Å²) >= 11 is 0. The summed E-state index contributed by atoms with van der Waals surface area (Å²) in [4.78, 5) is 7.15. The standard InChI is InChI=1S/C9H16O4.C9H14O3.C8H15NO4.C8H15NO3.C8H14O3.2C8H14O2.C7H13FO3.C7H14O4.C7H14O3/c1-3-4-12-9-6(2)13-7(5-10)8(9)11;1-5-3-9(4-10)8(11)7(5)6(2)12-9;1-5-6-7(11)8(4-10,13-5)3-9(6)12-2;1-5-6-7(11)8(4-10,12-5)3-9(6)2;1-4-5-2-8(5,3-9)7(11)6(4)10;1-5-2-7(10)8(4-9)3-6(5)8;1-6-2-3-7(5-9)8(10)4-6;1-4-3-11-5(2-9)7(10)6(4)8;1-4-3-11-5(2-8)7(10)6(4)9;1-5-2-6(9)7(3-8)10-4-5/h3,6-11H,1,4-5H2,2H3;6-8,10-11H,1,3-4H2,2H3;5-7,10-11H,3-4H2,1-2H3;5-7,10-11H,3-4H2,1-2H3;4-7,9-11H,2-3H2,1H3;5-7,9-10H,2-4H2,1H3;2-3,6-10H,4-5H2,1H3;4-7,9-10H,2-3H2,1H3;4-10H,2-3H2,1H3;5-9H,2-4H2,1H3/t6-,7+,8-,9?;6-,7?,8+,9+;2*5-,6?,7+,8+;4-,5-,6?,7-,8-;5-,6+,7+,8+;6?,7-,8+;2*4?,5-,6+,7-;5?,6-,7+/m0000101110/s1. The SMILES string of the molecule is C=C1C[C@]2(CO)O[C@@H](C)C1[C@H]2O.C=CCOC1[C@H](C)O[C@H](CO)[C@@H]1O.CC1C=C[C@H](CO)[C@@H](O)C1.CC1CO[C@H](CO)[C@@H](O)C1.CC1CO[C@H](CO)[C@@H](O)[C@H]1F.CC1CO[C@H](CO)[C@@H](O)[C@H]1O.CON1C[C@]2(CO)O[C@@H](C)C1[C@H]2O.C[C@@H]1O[C@@]2(CO)CN(C)C1[C@H]2O.C[C@H]1C(O)[C@@H](O)[C@@]2(CO)C[C@H]12.C[C@H]1C[C@@H](O)[C@@]2(CO)C[C@H]12. The van der Waals surface area contributed by atoms with E-state index in [4.69, 9.17) is 93.8 Å². The topological polar surface area (TPSA) is 535 Å². The van der Waals surface area contributed by atoms with Crippen molar-refractivity contribution in [3.05, 3.63) is 37.0 Å². The van der Waals surface area contributed by atoms with Gasteiger partial charge in [0.05, 0.1) is 179 Å². The van der Waals surface area contributed by atoms with Crippen LogP contribution in [-0.4, -0.2) is 405 Å². The second-order valence-corrected chi connectivity index (χ2v) is 34.5. The highest BCUT2D eigenvalue weighted by atomic mass is 19.1. The summed E-state index contributed by atoms with van der Waals surface area (Å²) in [5, 5.41) is 204. The van der Waals surface area contributed by atoms with E-state index in [1.165, 1.54) is 0 Å². The third kappa shape index (κ3) is 22.4. The van der Waals surface area contributed by atoms with Crippen molar-refractivity contribution in [3.8, 4) is 0 Å². The number of hydrogen-bond acceptors (Lipinski definition) is 33. The molecule has 6 aliphatic carbocycles. The number of halogens is 1. The molecule has 113 heavy (non-hydrogen) atoms. The predicted octanol–water partition coefficient (Wildman–Crippen LogP) is -4.17. The summed E-state index contributed by atoms with van der Waals surface area (Å²) in [5.74, 6) is 2.26. The van der Waals surface area contributed by atoms with E-state index in [9.17, 15) is 65.7 Å². The van der Waals surface area contributed by atoms with Crippen LogP contribution < -0.4 is 0 Å². The Hall–Kier alpha value is -2.17. The molecule has 9 unspecified atom stereocenters. The monoisotopic (exact) mass is 1630 g/mol. The Kier molecular flexibility index (Phi) is 38.4. The van der Waals surface area contributed by atoms with Crippen molar-refractivity contribution in [3.63, 3.8) is 0 Å². The van der Waals surface area contributed by atoms with Crippen molar-refractivity contribution >= 4 is 0 Å². The van der Waals surface area contributed by atoms with Gasteiger partial charge in [-0.1, -0.05) is 71.9 Å². The summed E-state index contributed by atoms with van der Waals surface area (Å²) in [5.41, 5.74) is -1.66. The minimum Gasteiger partial charge on any atom is -0.396 e. The van der Waals surface area contributed by atoms with Gasteiger partial charge < -0.3 is 155 Å². The highest BCUT2D eigenvalue weighted by Crippen LogP contribution is 2.66. The van der Waals surface area contributed by atoms with Gasteiger partial charge in [-0.15, -0.1) is 6.58 Å². The molecule has 0 radical (unpaired) electrons. The van der Waals surface area contributed by atoms with Gasteiger partial charge in [0.25, 0.3) is 0 Å². The Morgan fingerprint density at radius 3 is 1.43 bits per heavy atom. The average Bonchev–Trinajstić information content (AvgIpc) is 1.54. The molecule has 0 spiro atoms. The molecule has 33 nitrogen and oxygen atoms in total. The van der Waals surface area contributed by atoms with Gasteiger partial charge in [0.15, 0.2) is 0 Å². The van der Waals surface area contributed by atoms with Gasteiger partial charge in [-0.05, 0) is 102 Å². The van der Waals surface area contributed by atoms with Crippen molar-refractivity contribution < 1.29 is 159 Å². The summed E-state index contributed by atoms with van der Waals surface area (Å²) in [6.45, 7) is 28.4. The molecular weight excluding hydrogens is 1490 g/mol. The number of aliphatic hydroxyl groups is 22. The highest BCUT2D eigenvalue weighted by molar-refractivity contribution is 5.26. The Labute approximate surface area is 664 Å². The molecule has 39 atom stereocenters.